The maximum Gasteiger partial charge on any atom is 0.130 e. The molecule has 3 heteroatoms. The SMILES string of the molecule is Cc1cccnc1COc1ccc(C#CCCl)cc1. The van der Waals surface area contributed by atoms with Gasteiger partial charge in [0.05, 0.1) is 11.6 Å². The Bertz CT molecular complexity index is 596. The summed E-state index contributed by atoms with van der Waals surface area (Å²) in [6.45, 7) is 2.50. The molecular weight excluding hydrogens is 258 g/mol. The van der Waals surface area contributed by atoms with Crippen molar-refractivity contribution in [3.8, 4) is 17.6 Å². The molecule has 0 unspecified atom stereocenters. The van der Waals surface area contributed by atoms with Gasteiger partial charge in [0.2, 0.25) is 0 Å². The number of hydrogen-bond acceptors (Lipinski definition) is 2. The minimum atomic E-state index is 0.344. The number of aryl methyl sites for hydroxylation is 1. The Morgan fingerprint density at radius 1 is 1.21 bits per heavy atom. The van der Waals surface area contributed by atoms with E-state index in [9.17, 15) is 0 Å². The lowest BCUT2D eigenvalue weighted by Gasteiger charge is -2.07. The second-order valence-corrected chi connectivity index (χ2v) is 4.28. The quantitative estimate of drug-likeness (QED) is 0.629. The molecule has 0 aliphatic rings. The first-order valence-electron chi connectivity index (χ1n) is 5.98. The molecule has 19 heavy (non-hydrogen) atoms. The molecule has 0 bridgehead atoms. The van der Waals surface area contributed by atoms with E-state index in [1.165, 1.54) is 0 Å². The molecule has 1 aromatic carbocycles. The van der Waals surface area contributed by atoms with Crippen LogP contribution in [0.25, 0.3) is 0 Å². The van der Waals surface area contributed by atoms with Gasteiger partial charge in [-0.1, -0.05) is 17.9 Å². The molecule has 0 spiro atoms. The van der Waals surface area contributed by atoms with E-state index in [2.05, 4.69) is 16.8 Å². The highest BCUT2D eigenvalue weighted by molar-refractivity contribution is 6.19. The van der Waals surface area contributed by atoms with Gasteiger partial charge in [-0.2, -0.15) is 0 Å². The minimum absolute atomic E-state index is 0.344. The number of pyridine rings is 1. The predicted molar refractivity (Wildman–Crippen MR) is 77.3 cm³/mol. The second-order valence-electron chi connectivity index (χ2n) is 4.02. The van der Waals surface area contributed by atoms with Gasteiger partial charge in [-0.3, -0.25) is 4.98 Å². The molecule has 96 valence electrons. The van der Waals surface area contributed by atoms with E-state index < -0.39 is 0 Å². The summed E-state index contributed by atoms with van der Waals surface area (Å²) >= 11 is 5.51. The molecule has 0 N–H and O–H groups in total. The first-order chi connectivity index (χ1) is 9.29. The zero-order valence-corrected chi connectivity index (χ0v) is 11.4. The number of ether oxygens (including phenoxy) is 1. The molecule has 1 aromatic heterocycles. The molecule has 1 heterocycles. The smallest absolute Gasteiger partial charge is 0.130 e. The lowest BCUT2D eigenvalue weighted by atomic mass is 10.2. The summed E-state index contributed by atoms with van der Waals surface area (Å²) in [6, 6.07) is 11.6. The molecule has 2 rings (SSSR count). The third-order valence-corrected chi connectivity index (χ3v) is 2.78. The van der Waals surface area contributed by atoms with Crippen molar-refractivity contribution in [3.05, 3.63) is 59.4 Å². The number of halogens is 1. The van der Waals surface area contributed by atoms with Gasteiger partial charge in [0.25, 0.3) is 0 Å². The van der Waals surface area contributed by atoms with E-state index >= 15 is 0 Å². The Balaban J connectivity index is 1.99. The van der Waals surface area contributed by atoms with Crippen LogP contribution in [0.15, 0.2) is 42.6 Å². The first-order valence-corrected chi connectivity index (χ1v) is 6.51. The van der Waals surface area contributed by atoms with Crippen LogP contribution in [0.1, 0.15) is 16.8 Å². The molecule has 0 aliphatic carbocycles. The summed E-state index contributed by atoms with van der Waals surface area (Å²) in [4.78, 5) is 4.29. The summed E-state index contributed by atoms with van der Waals surface area (Å²) in [7, 11) is 0. The Morgan fingerprint density at radius 3 is 2.68 bits per heavy atom. The lowest BCUT2D eigenvalue weighted by Crippen LogP contribution is -2.00. The molecule has 0 fully saturated rings. The zero-order chi connectivity index (χ0) is 13.5. The van der Waals surface area contributed by atoms with Crippen molar-refractivity contribution in [1.82, 2.24) is 4.98 Å². The number of alkyl halides is 1. The molecule has 0 aliphatic heterocycles. The molecule has 0 amide bonds. The second kappa shape index (κ2) is 6.82. The summed E-state index contributed by atoms with van der Waals surface area (Å²) in [5, 5.41) is 0. The highest BCUT2D eigenvalue weighted by Gasteiger charge is 2.00. The maximum atomic E-state index is 5.70. The number of aromatic nitrogens is 1. The number of rotatable bonds is 3. The van der Waals surface area contributed by atoms with Crippen LogP contribution >= 0.6 is 11.6 Å². The fourth-order valence-electron chi connectivity index (χ4n) is 1.59. The van der Waals surface area contributed by atoms with Gasteiger partial charge in [-0.25, -0.2) is 0 Å². The summed E-state index contributed by atoms with van der Waals surface area (Å²) in [5.41, 5.74) is 3.02. The van der Waals surface area contributed by atoms with Gasteiger partial charge >= 0.3 is 0 Å². The van der Waals surface area contributed by atoms with Crippen molar-refractivity contribution < 1.29 is 4.74 Å². The Labute approximate surface area is 118 Å². The lowest BCUT2D eigenvalue weighted by molar-refractivity contribution is 0.300. The molecule has 0 radical (unpaired) electrons. The van der Waals surface area contributed by atoms with E-state index in [-0.39, 0.29) is 0 Å². The fourth-order valence-corrected chi connectivity index (χ4v) is 1.66. The monoisotopic (exact) mass is 271 g/mol. The average Bonchev–Trinajstić information content (AvgIpc) is 2.45. The van der Waals surface area contributed by atoms with Crippen molar-refractivity contribution in [1.29, 1.82) is 0 Å². The van der Waals surface area contributed by atoms with Crippen LogP contribution in [0.2, 0.25) is 0 Å². The topological polar surface area (TPSA) is 22.1 Å². The van der Waals surface area contributed by atoms with Crippen LogP contribution in [-0.4, -0.2) is 10.9 Å². The molecule has 0 saturated carbocycles. The highest BCUT2D eigenvalue weighted by atomic mass is 35.5. The van der Waals surface area contributed by atoms with E-state index in [0.29, 0.717) is 12.5 Å². The van der Waals surface area contributed by atoms with Crippen molar-refractivity contribution in [2.24, 2.45) is 0 Å². The van der Waals surface area contributed by atoms with Crippen LogP contribution in [0.5, 0.6) is 5.75 Å². The number of hydrogen-bond donors (Lipinski definition) is 0. The summed E-state index contributed by atoms with van der Waals surface area (Å²) < 4.78 is 5.70. The first kappa shape index (κ1) is 13.5. The maximum absolute atomic E-state index is 5.70. The number of nitrogens with zero attached hydrogens (tertiary/aromatic N) is 1. The number of benzene rings is 1. The normalized spacial score (nSPS) is 9.58. The van der Waals surface area contributed by atoms with Gasteiger partial charge in [0.1, 0.15) is 12.4 Å². The van der Waals surface area contributed by atoms with Gasteiger partial charge in [-0.05, 0) is 42.8 Å². The van der Waals surface area contributed by atoms with Crippen LogP contribution in [0, 0.1) is 18.8 Å². The molecule has 0 atom stereocenters. The van der Waals surface area contributed by atoms with Crippen LogP contribution in [0.3, 0.4) is 0 Å². The minimum Gasteiger partial charge on any atom is -0.487 e. The largest absolute Gasteiger partial charge is 0.487 e. The van der Waals surface area contributed by atoms with E-state index in [1.54, 1.807) is 6.20 Å². The van der Waals surface area contributed by atoms with E-state index in [0.717, 1.165) is 22.6 Å². The van der Waals surface area contributed by atoms with Crippen LogP contribution < -0.4 is 4.74 Å². The Kier molecular flexibility index (Phi) is 4.83. The van der Waals surface area contributed by atoms with Crippen molar-refractivity contribution in [3.63, 3.8) is 0 Å². The molecule has 2 nitrogen and oxygen atoms in total. The van der Waals surface area contributed by atoms with E-state index in [1.807, 2.05) is 43.3 Å². The van der Waals surface area contributed by atoms with Gasteiger partial charge in [0, 0.05) is 11.8 Å². The van der Waals surface area contributed by atoms with Gasteiger partial charge in [-0.15, -0.1) is 11.6 Å². The predicted octanol–water partition coefficient (Wildman–Crippen LogP) is 3.56. The van der Waals surface area contributed by atoms with Crippen molar-refractivity contribution in [2.45, 2.75) is 13.5 Å². The molecule has 0 saturated heterocycles. The summed E-state index contributed by atoms with van der Waals surface area (Å²) in [6.07, 6.45) is 1.77. The standard InChI is InChI=1S/C16H14ClNO/c1-13-4-3-11-18-16(13)12-19-15-8-6-14(7-9-15)5-2-10-17/h3-4,6-9,11H,10,12H2,1H3. The van der Waals surface area contributed by atoms with Gasteiger partial charge < -0.3 is 4.74 Å². The Morgan fingerprint density at radius 2 is 2.00 bits per heavy atom. The Hall–Kier alpha value is -1.98. The average molecular weight is 272 g/mol. The zero-order valence-electron chi connectivity index (χ0n) is 10.7. The van der Waals surface area contributed by atoms with Crippen LogP contribution in [0.4, 0.5) is 0 Å². The summed E-state index contributed by atoms with van der Waals surface area (Å²) in [5.74, 6) is 6.92. The third-order valence-electron chi connectivity index (χ3n) is 2.65. The molecular formula is C16H14ClNO. The molecule has 2 aromatic rings. The van der Waals surface area contributed by atoms with Crippen molar-refractivity contribution in [2.75, 3.05) is 5.88 Å². The van der Waals surface area contributed by atoms with E-state index in [4.69, 9.17) is 16.3 Å². The van der Waals surface area contributed by atoms with Crippen LogP contribution in [-0.2, 0) is 6.61 Å². The van der Waals surface area contributed by atoms with Gasteiger partial charge in [0.15, 0.2) is 0 Å². The fraction of sp³-hybridized carbons (Fsp3) is 0.188. The highest BCUT2D eigenvalue weighted by Crippen LogP contribution is 2.14. The third kappa shape index (κ3) is 4.01. The van der Waals surface area contributed by atoms with Crippen molar-refractivity contribution >= 4 is 11.6 Å².